The molecule has 0 saturated carbocycles. The molecule has 0 aromatic carbocycles. The van der Waals surface area contributed by atoms with Crippen molar-refractivity contribution in [2.24, 2.45) is 0 Å². The predicted octanol–water partition coefficient (Wildman–Crippen LogP) is 0.687. The summed E-state index contributed by atoms with van der Waals surface area (Å²) in [6, 6.07) is 0. The van der Waals surface area contributed by atoms with Crippen LogP contribution in [0.15, 0.2) is 0 Å². The van der Waals surface area contributed by atoms with E-state index in [0.717, 1.165) is 25.7 Å². The van der Waals surface area contributed by atoms with Crippen LogP contribution in [0.3, 0.4) is 0 Å². The molecule has 1 aliphatic rings. The van der Waals surface area contributed by atoms with Crippen LogP contribution in [0.2, 0.25) is 0 Å². The quantitative estimate of drug-likeness (QED) is 0.659. The summed E-state index contributed by atoms with van der Waals surface area (Å²) >= 11 is 0. The molecule has 1 heterocycles. The third kappa shape index (κ3) is 3.09. The van der Waals surface area contributed by atoms with E-state index < -0.39 is 0 Å². The van der Waals surface area contributed by atoms with Crippen LogP contribution in [0.5, 0.6) is 0 Å². The van der Waals surface area contributed by atoms with Gasteiger partial charge in [0.25, 0.3) is 0 Å². The summed E-state index contributed by atoms with van der Waals surface area (Å²) in [5.41, 5.74) is 0. The molecule has 0 aromatic rings. The molecular formula is C9H18O3. The van der Waals surface area contributed by atoms with Crippen molar-refractivity contribution in [3.8, 4) is 0 Å². The Kier molecular flexibility index (Phi) is 3.98. The SMILES string of the molecule is C[C@H](O)CC[C@H]1CC[C@@H](CO)O1. The fraction of sp³-hybridized carbons (Fsp3) is 1.00. The molecule has 1 aliphatic heterocycles. The number of hydrogen-bond donors (Lipinski definition) is 2. The summed E-state index contributed by atoms with van der Waals surface area (Å²) in [4.78, 5) is 0. The summed E-state index contributed by atoms with van der Waals surface area (Å²) < 4.78 is 5.50. The van der Waals surface area contributed by atoms with E-state index in [1.54, 1.807) is 6.92 Å². The topological polar surface area (TPSA) is 49.7 Å². The second-order valence-electron chi connectivity index (χ2n) is 3.57. The molecule has 72 valence electrons. The van der Waals surface area contributed by atoms with Crippen molar-refractivity contribution in [3.63, 3.8) is 0 Å². The summed E-state index contributed by atoms with van der Waals surface area (Å²) in [6.07, 6.45) is 3.76. The van der Waals surface area contributed by atoms with Gasteiger partial charge in [-0.25, -0.2) is 0 Å². The number of aliphatic hydroxyl groups is 2. The van der Waals surface area contributed by atoms with Crippen LogP contribution in [-0.2, 0) is 4.74 Å². The minimum absolute atomic E-state index is 0.0454. The fourth-order valence-electron chi connectivity index (χ4n) is 1.55. The van der Waals surface area contributed by atoms with Crippen molar-refractivity contribution < 1.29 is 14.9 Å². The van der Waals surface area contributed by atoms with Crippen LogP contribution in [-0.4, -0.2) is 35.1 Å². The van der Waals surface area contributed by atoms with E-state index in [1.807, 2.05) is 0 Å². The van der Waals surface area contributed by atoms with Gasteiger partial charge < -0.3 is 14.9 Å². The Morgan fingerprint density at radius 1 is 1.42 bits per heavy atom. The summed E-state index contributed by atoms with van der Waals surface area (Å²) in [6.45, 7) is 1.92. The van der Waals surface area contributed by atoms with Crippen LogP contribution in [0.1, 0.15) is 32.6 Å². The van der Waals surface area contributed by atoms with Gasteiger partial charge in [-0.05, 0) is 32.6 Å². The van der Waals surface area contributed by atoms with E-state index in [4.69, 9.17) is 14.9 Å². The Bertz CT molecular complexity index is 125. The van der Waals surface area contributed by atoms with E-state index >= 15 is 0 Å². The predicted molar refractivity (Wildman–Crippen MR) is 45.9 cm³/mol. The highest BCUT2D eigenvalue weighted by molar-refractivity contribution is 4.73. The number of ether oxygens (including phenoxy) is 1. The Morgan fingerprint density at radius 2 is 2.08 bits per heavy atom. The van der Waals surface area contributed by atoms with Gasteiger partial charge in [-0.1, -0.05) is 0 Å². The number of aliphatic hydroxyl groups excluding tert-OH is 2. The van der Waals surface area contributed by atoms with Crippen LogP contribution >= 0.6 is 0 Å². The smallest absolute Gasteiger partial charge is 0.0810 e. The monoisotopic (exact) mass is 174 g/mol. The Hall–Kier alpha value is -0.120. The molecule has 1 saturated heterocycles. The second kappa shape index (κ2) is 4.80. The molecule has 3 atom stereocenters. The molecule has 0 aromatic heterocycles. The highest BCUT2D eigenvalue weighted by Gasteiger charge is 2.24. The van der Waals surface area contributed by atoms with Crippen molar-refractivity contribution >= 4 is 0 Å². The molecule has 0 aliphatic carbocycles. The molecule has 0 radical (unpaired) electrons. The van der Waals surface area contributed by atoms with E-state index in [2.05, 4.69) is 0 Å². The lowest BCUT2D eigenvalue weighted by Crippen LogP contribution is -2.15. The molecule has 3 heteroatoms. The fourth-order valence-corrected chi connectivity index (χ4v) is 1.55. The van der Waals surface area contributed by atoms with Crippen LogP contribution in [0.4, 0.5) is 0 Å². The molecule has 3 nitrogen and oxygen atoms in total. The lowest BCUT2D eigenvalue weighted by atomic mass is 10.1. The second-order valence-corrected chi connectivity index (χ2v) is 3.57. The van der Waals surface area contributed by atoms with Crippen molar-refractivity contribution in [2.45, 2.75) is 50.9 Å². The van der Waals surface area contributed by atoms with Gasteiger partial charge in [-0.3, -0.25) is 0 Å². The Morgan fingerprint density at radius 3 is 2.58 bits per heavy atom. The zero-order chi connectivity index (χ0) is 8.97. The average molecular weight is 174 g/mol. The molecule has 0 amide bonds. The zero-order valence-corrected chi connectivity index (χ0v) is 7.57. The number of hydrogen-bond acceptors (Lipinski definition) is 3. The summed E-state index contributed by atoms with van der Waals surface area (Å²) in [7, 11) is 0. The van der Waals surface area contributed by atoms with Gasteiger partial charge in [0.05, 0.1) is 24.9 Å². The molecule has 0 bridgehead atoms. The van der Waals surface area contributed by atoms with Gasteiger partial charge >= 0.3 is 0 Å². The van der Waals surface area contributed by atoms with Gasteiger partial charge in [0.2, 0.25) is 0 Å². The Balaban J connectivity index is 2.11. The average Bonchev–Trinajstić information content (AvgIpc) is 2.48. The maximum Gasteiger partial charge on any atom is 0.0810 e. The summed E-state index contributed by atoms with van der Waals surface area (Å²) in [5.74, 6) is 0. The first kappa shape index (κ1) is 9.96. The highest BCUT2D eigenvalue weighted by Crippen LogP contribution is 2.23. The van der Waals surface area contributed by atoms with Gasteiger partial charge in [0, 0.05) is 0 Å². The summed E-state index contributed by atoms with van der Waals surface area (Å²) in [5, 5.41) is 17.8. The molecule has 1 fully saturated rings. The minimum atomic E-state index is -0.234. The molecule has 2 N–H and O–H groups in total. The van der Waals surface area contributed by atoms with Crippen molar-refractivity contribution in [3.05, 3.63) is 0 Å². The van der Waals surface area contributed by atoms with Crippen molar-refractivity contribution in [1.29, 1.82) is 0 Å². The van der Waals surface area contributed by atoms with Gasteiger partial charge in [-0.15, -0.1) is 0 Å². The van der Waals surface area contributed by atoms with Gasteiger partial charge in [0.15, 0.2) is 0 Å². The third-order valence-corrected chi connectivity index (χ3v) is 2.31. The van der Waals surface area contributed by atoms with Crippen molar-refractivity contribution in [1.82, 2.24) is 0 Å². The molecular weight excluding hydrogens is 156 g/mol. The van der Waals surface area contributed by atoms with E-state index in [-0.39, 0.29) is 24.9 Å². The third-order valence-electron chi connectivity index (χ3n) is 2.31. The molecule has 1 rings (SSSR count). The largest absolute Gasteiger partial charge is 0.394 e. The first-order valence-corrected chi connectivity index (χ1v) is 4.66. The standard InChI is InChI=1S/C9H18O3/c1-7(11)2-3-8-4-5-9(6-10)12-8/h7-11H,2-6H2,1H3/t7-,8-,9-/m0/s1. The van der Waals surface area contributed by atoms with E-state index in [9.17, 15) is 0 Å². The van der Waals surface area contributed by atoms with Crippen LogP contribution in [0.25, 0.3) is 0 Å². The maximum absolute atomic E-state index is 9.03. The van der Waals surface area contributed by atoms with E-state index in [0.29, 0.717) is 0 Å². The normalized spacial score (nSPS) is 32.2. The van der Waals surface area contributed by atoms with E-state index in [1.165, 1.54) is 0 Å². The van der Waals surface area contributed by atoms with Gasteiger partial charge in [0.1, 0.15) is 0 Å². The lowest BCUT2D eigenvalue weighted by molar-refractivity contribution is 0.00327. The first-order chi connectivity index (χ1) is 5.72. The van der Waals surface area contributed by atoms with Crippen LogP contribution in [0, 0.1) is 0 Å². The molecule has 0 unspecified atom stereocenters. The molecule has 12 heavy (non-hydrogen) atoms. The van der Waals surface area contributed by atoms with Crippen molar-refractivity contribution in [2.75, 3.05) is 6.61 Å². The highest BCUT2D eigenvalue weighted by atomic mass is 16.5. The lowest BCUT2D eigenvalue weighted by Gasteiger charge is -2.12. The first-order valence-electron chi connectivity index (χ1n) is 4.66. The van der Waals surface area contributed by atoms with Crippen LogP contribution < -0.4 is 0 Å². The Labute approximate surface area is 73.4 Å². The number of rotatable bonds is 4. The van der Waals surface area contributed by atoms with Gasteiger partial charge in [-0.2, -0.15) is 0 Å². The minimum Gasteiger partial charge on any atom is -0.394 e. The zero-order valence-electron chi connectivity index (χ0n) is 7.57. The molecule has 0 spiro atoms. The maximum atomic E-state index is 9.03.